The first-order valence-electron chi connectivity index (χ1n) is 4.38. The number of nitrogens with zero attached hydrogens (tertiary/aromatic N) is 2. The molecule has 1 rings (SSSR count). The summed E-state index contributed by atoms with van der Waals surface area (Å²) < 4.78 is 2.14. The third-order valence-electron chi connectivity index (χ3n) is 2.34. The highest BCUT2D eigenvalue weighted by Gasteiger charge is 2.11. The zero-order valence-electron chi connectivity index (χ0n) is 7.99. The van der Waals surface area contributed by atoms with Gasteiger partial charge in [-0.3, -0.25) is 0 Å². The summed E-state index contributed by atoms with van der Waals surface area (Å²) >= 11 is 0. The molecule has 3 nitrogen and oxygen atoms in total. The lowest BCUT2D eigenvalue weighted by Gasteiger charge is -2.19. The van der Waals surface area contributed by atoms with E-state index in [2.05, 4.69) is 30.3 Å². The van der Waals surface area contributed by atoms with Crippen LogP contribution in [0.15, 0.2) is 12.4 Å². The molecular weight excluding hydrogens is 150 g/mol. The van der Waals surface area contributed by atoms with Gasteiger partial charge in [0.05, 0.1) is 6.54 Å². The van der Waals surface area contributed by atoms with E-state index in [1.807, 2.05) is 6.20 Å². The van der Waals surface area contributed by atoms with Crippen LogP contribution in [-0.4, -0.2) is 9.55 Å². The second kappa shape index (κ2) is 3.72. The van der Waals surface area contributed by atoms with Crippen molar-refractivity contribution in [2.45, 2.75) is 33.4 Å². The van der Waals surface area contributed by atoms with Crippen molar-refractivity contribution < 1.29 is 0 Å². The van der Waals surface area contributed by atoms with E-state index >= 15 is 0 Å². The highest BCUT2D eigenvalue weighted by molar-refractivity contribution is 4.94. The largest absolute Gasteiger partial charge is 0.331 e. The molecule has 12 heavy (non-hydrogen) atoms. The van der Waals surface area contributed by atoms with Crippen LogP contribution in [0.25, 0.3) is 0 Å². The Morgan fingerprint density at radius 1 is 1.50 bits per heavy atom. The van der Waals surface area contributed by atoms with Crippen LogP contribution in [0.1, 0.15) is 32.6 Å². The zero-order valence-corrected chi connectivity index (χ0v) is 7.99. The molecule has 0 amide bonds. The first kappa shape index (κ1) is 9.26. The van der Waals surface area contributed by atoms with Gasteiger partial charge < -0.3 is 10.3 Å². The van der Waals surface area contributed by atoms with Gasteiger partial charge in [-0.05, 0) is 12.8 Å². The highest BCUT2D eigenvalue weighted by Crippen LogP contribution is 2.17. The van der Waals surface area contributed by atoms with Gasteiger partial charge in [0.25, 0.3) is 0 Å². The standard InChI is InChI=1S/C9H17N3/c1-7(2)8(3)12-5-4-11-9(12)6-10/h4-5,7-8H,6,10H2,1-3H3. The summed E-state index contributed by atoms with van der Waals surface area (Å²) in [5.74, 6) is 1.58. The molecule has 68 valence electrons. The molecule has 0 aliphatic rings. The Balaban J connectivity index is 2.86. The first-order chi connectivity index (χ1) is 5.66. The van der Waals surface area contributed by atoms with Gasteiger partial charge in [-0.1, -0.05) is 13.8 Å². The van der Waals surface area contributed by atoms with E-state index < -0.39 is 0 Å². The van der Waals surface area contributed by atoms with Crippen LogP contribution >= 0.6 is 0 Å². The van der Waals surface area contributed by atoms with Crippen molar-refractivity contribution >= 4 is 0 Å². The van der Waals surface area contributed by atoms with Crippen LogP contribution in [0.3, 0.4) is 0 Å². The molecule has 3 heteroatoms. The summed E-state index contributed by atoms with van der Waals surface area (Å²) in [6.45, 7) is 7.10. The summed E-state index contributed by atoms with van der Waals surface area (Å²) in [6.07, 6.45) is 3.80. The van der Waals surface area contributed by atoms with Crippen molar-refractivity contribution in [3.8, 4) is 0 Å². The molecule has 0 aromatic carbocycles. The Bertz CT molecular complexity index is 240. The molecule has 1 aromatic heterocycles. The number of hydrogen-bond donors (Lipinski definition) is 1. The first-order valence-corrected chi connectivity index (χ1v) is 4.38. The monoisotopic (exact) mass is 167 g/mol. The predicted octanol–water partition coefficient (Wildman–Crippen LogP) is 1.56. The summed E-state index contributed by atoms with van der Waals surface area (Å²) in [4.78, 5) is 4.18. The molecule has 0 saturated heterocycles. The van der Waals surface area contributed by atoms with E-state index in [0.717, 1.165) is 5.82 Å². The second-order valence-corrected chi connectivity index (χ2v) is 3.44. The minimum Gasteiger partial charge on any atom is -0.331 e. The number of nitrogens with two attached hydrogens (primary N) is 1. The third-order valence-corrected chi connectivity index (χ3v) is 2.34. The average Bonchev–Trinajstić information content (AvgIpc) is 2.49. The SMILES string of the molecule is CC(C)C(C)n1ccnc1CN. The fourth-order valence-corrected chi connectivity index (χ4v) is 1.19. The molecule has 0 aliphatic heterocycles. The molecule has 0 saturated carbocycles. The molecule has 1 heterocycles. The number of hydrogen-bond acceptors (Lipinski definition) is 2. The van der Waals surface area contributed by atoms with Crippen LogP contribution in [0.5, 0.6) is 0 Å². The van der Waals surface area contributed by atoms with Crippen LogP contribution < -0.4 is 5.73 Å². The van der Waals surface area contributed by atoms with E-state index in [-0.39, 0.29) is 0 Å². The Morgan fingerprint density at radius 3 is 2.67 bits per heavy atom. The summed E-state index contributed by atoms with van der Waals surface area (Å²) in [6, 6.07) is 0.478. The van der Waals surface area contributed by atoms with Crippen molar-refractivity contribution in [1.29, 1.82) is 0 Å². The van der Waals surface area contributed by atoms with Gasteiger partial charge in [-0.15, -0.1) is 0 Å². The normalized spacial score (nSPS) is 13.8. The molecule has 0 fully saturated rings. The van der Waals surface area contributed by atoms with Gasteiger partial charge >= 0.3 is 0 Å². The minimum atomic E-state index is 0.478. The average molecular weight is 167 g/mol. The number of aromatic nitrogens is 2. The van der Waals surface area contributed by atoms with Gasteiger partial charge in [0.15, 0.2) is 0 Å². The van der Waals surface area contributed by atoms with Crippen molar-refractivity contribution in [1.82, 2.24) is 9.55 Å². The maximum absolute atomic E-state index is 5.55. The molecule has 1 aromatic rings. The van der Waals surface area contributed by atoms with Crippen molar-refractivity contribution in [3.63, 3.8) is 0 Å². The van der Waals surface area contributed by atoms with Crippen LogP contribution in [-0.2, 0) is 6.54 Å². The summed E-state index contributed by atoms with van der Waals surface area (Å²) in [5, 5.41) is 0. The van der Waals surface area contributed by atoms with Gasteiger partial charge in [-0.25, -0.2) is 4.98 Å². The molecular formula is C9H17N3. The van der Waals surface area contributed by atoms with Gasteiger partial charge in [0.1, 0.15) is 5.82 Å². The topological polar surface area (TPSA) is 43.8 Å². The zero-order chi connectivity index (χ0) is 9.14. The highest BCUT2D eigenvalue weighted by atomic mass is 15.1. The Morgan fingerprint density at radius 2 is 2.17 bits per heavy atom. The maximum atomic E-state index is 5.55. The van der Waals surface area contributed by atoms with Gasteiger partial charge in [0, 0.05) is 18.4 Å². The summed E-state index contributed by atoms with van der Waals surface area (Å²) in [7, 11) is 0. The van der Waals surface area contributed by atoms with E-state index in [0.29, 0.717) is 18.5 Å². The van der Waals surface area contributed by atoms with Crippen LogP contribution in [0.2, 0.25) is 0 Å². The quantitative estimate of drug-likeness (QED) is 0.742. The van der Waals surface area contributed by atoms with E-state index in [4.69, 9.17) is 5.73 Å². The van der Waals surface area contributed by atoms with Gasteiger partial charge in [0.2, 0.25) is 0 Å². The third kappa shape index (κ3) is 1.67. The fraction of sp³-hybridized carbons (Fsp3) is 0.667. The lowest BCUT2D eigenvalue weighted by molar-refractivity contribution is 0.397. The Hall–Kier alpha value is -0.830. The van der Waals surface area contributed by atoms with Crippen LogP contribution in [0.4, 0.5) is 0 Å². The second-order valence-electron chi connectivity index (χ2n) is 3.44. The lowest BCUT2D eigenvalue weighted by atomic mass is 10.1. The van der Waals surface area contributed by atoms with Crippen molar-refractivity contribution in [2.75, 3.05) is 0 Å². The summed E-state index contributed by atoms with van der Waals surface area (Å²) in [5.41, 5.74) is 5.55. The number of rotatable bonds is 3. The number of imidazole rings is 1. The molecule has 0 bridgehead atoms. The minimum absolute atomic E-state index is 0.478. The molecule has 2 N–H and O–H groups in total. The molecule has 0 spiro atoms. The maximum Gasteiger partial charge on any atom is 0.122 e. The smallest absolute Gasteiger partial charge is 0.122 e. The van der Waals surface area contributed by atoms with Crippen LogP contribution in [0, 0.1) is 5.92 Å². The lowest BCUT2D eigenvalue weighted by Crippen LogP contribution is -2.15. The molecule has 0 aliphatic carbocycles. The van der Waals surface area contributed by atoms with Crippen molar-refractivity contribution in [2.24, 2.45) is 11.7 Å². The van der Waals surface area contributed by atoms with E-state index in [9.17, 15) is 0 Å². The molecule has 1 unspecified atom stereocenters. The molecule has 0 radical (unpaired) electrons. The predicted molar refractivity (Wildman–Crippen MR) is 49.7 cm³/mol. The Kier molecular flexibility index (Phi) is 2.87. The fourth-order valence-electron chi connectivity index (χ4n) is 1.19. The molecule has 1 atom stereocenters. The van der Waals surface area contributed by atoms with E-state index in [1.165, 1.54) is 0 Å². The van der Waals surface area contributed by atoms with Gasteiger partial charge in [-0.2, -0.15) is 0 Å². The Labute approximate surface area is 73.6 Å². The van der Waals surface area contributed by atoms with Crippen molar-refractivity contribution in [3.05, 3.63) is 18.2 Å². The van der Waals surface area contributed by atoms with E-state index in [1.54, 1.807) is 6.20 Å².